The minimum Gasteiger partial charge on any atom is -0.453 e. The first-order valence-electron chi connectivity index (χ1n) is 6.75. The zero-order valence-corrected chi connectivity index (χ0v) is 12.0. The molecule has 2 heterocycles. The summed E-state index contributed by atoms with van der Waals surface area (Å²) in [6.45, 7) is 0.339. The fourth-order valence-electron chi connectivity index (χ4n) is 2.03. The lowest BCUT2D eigenvalue weighted by atomic mass is 10.2. The van der Waals surface area contributed by atoms with E-state index in [0.717, 1.165) is 5.69 Å². The maximum Gasteiger partial charge on any atom is 0.291 e. The number of ether oxygens (including phenoxy) is 1. The Morgan fingerprint density at radius 3 is 2.77 bits per heavy atom. The van der Waals surface area contributed by atoms with Crippen LogP contribution >= 0.6 is 0 Å². The first-order chi connectivity index (χ1) is 10.8. The van der Waals surface area contributed by atoms with Crippen molar-refractivity contribution in [2.45, 2.75) is 6.61 Å². The molecule has 0 aliphatic carbocycles. The maximum absolute atomic E-state index is 12.1. The van der Waals surface area contributed by atoms with Gasteiger partial charge in [0.15, 0.2) is 5.76 Å². The molecule has 0 saturated carbocycles. The van der Waals surface area contributed by atoms with Crippen LogP contribution in [0.2, 0.25) is 0 Å². The van der Waals surface area contributed by atoms with Crippen molar-refractivity contribution in [2.75, 3.05) is 12.4 Å². The van der Waals surface area contributed by atoms with Gasteiger partial charge in [-0.05, 0) is 42.5 Å². The van der Waals surface area contributed by atoms with Crippen LogP contribution in [0.25, 0.3) is 5.69 Å². The molecule has 0 spiro atoms. The SMILES string of the molecule is COCc1ccc(C(=O)Nc2ccc(-n3cccn3)cc2)o1. The fourth-order valence-corrected chi connectivity index (χ4v) is 2.03. The summed E-state index contributed by atoms with van der Waals surface area (Å²) in [5, 5.41) is 6.93. The summed E-state index contributed by atoms with van der Waals surface area (Å²) in [4.78, 5) is 12.1. The average molecular weight is 297 g/mol. The normalized spacial score (nSPS) is 10.6. The molecule has 22 heavy (non-hydrogen) atoms. The summed E-state index contributed by atoms with van der Waals surface area (Å²) < 4.78 is 12.1. The number of aromatic nitrogens is 2. The Hall–Kier alpha value is -2.86. The summed E-state index contributed by atoms with van der Waals surface area (Å²) in [6, 6.07) is 12.6. The Balaban J connectivity index is 1.68. The van der Waals surface area contributed by atoms with Crippen LogP contribution in [0.15, 0.2) is 59.3 Å². The average Bonchev–Trinajstić information content (AvgIpc) is 3.20. The molecule has 0 radical (unpaired) electrons. The third-order valence-electron chi connectivity index (χ3n) is 3.07. The highest BCUT2D eigenvalue weighted by Crippen LogP contribution is 2.15. The van der Waals surface area contributed by atoms with Crippen LogP contribution in [0.5, 0.6) is 0 Å². The van der Waals surface area contributed by atoms with Crippen LogP contribution in [-0.4, -0.2) is 22.8 Å². The molecule has 112 valence electrons. The molecule has 0 fully saturated rings. The van der Waals surface area contributed by atoms with Gasteiger partial charge >= 0.3 is 0 Å². The van der Waals surface area contributed by atoms with Gasteiger partial charge in [-0.3, -0.25) is 4.79 Å². The highest BCUT2D eigenvalue weighted by molar-refractivity contribution is 6.02. The summed E-state index contributed by atoms with van der Waals surface area (Å²) in [6.07, 6.45) is 3.57. The maximum atomic E-state index is 12.1. The number of methoxy groups -OCH3 is 1. The van der Waals surface area contributed by atoms with Crippen LogP contribution in [0, 0.1) is 0 Å². The van der Waals surface area contributed by atoms with Gasteiger partial charge in [-0.25, -0.2) is 4.68 Å². The Morgan fingerprint density at radius 1 is 1.27 bits per heavy atom. The largest absolute Gasteiger partial charge is 0.453 e. The fraction of sp³-hybridized carbons (Fsp3) is 0.125. The number of nitrogens with zero attached hydrogens (tertiary/aromatic N) is 2. The van der Waals surface area contributed by atoms with Gasteiger partial charge in [-0.15, -0.1) is 0 Å². The van der Waals surface area contributed by atoms with Crippen molar-refractivity contribution >= 4 is 11.6 Å². The van der Waals surface area contributed by atoms with Gasteiger partial charge in [0.1, 0.15) is 12.4 Å². The lowest BCUT2D eigenvalue weighted by molar-refractivity contribution is 0.0987. The Bertz CT molecular complexity index is 745. The third-order valence-corrected chi connectivity index (χ3v) is 3.07. The molecule has 1 amide bonds. The Labute approximate surface area is 127 Å². The summed E-state index contributed by atoms with van der Waals surface area (Å²) >= 11 is 0. The van der Waals surface area contributed by atoms with E-state index in [2.05, 4.69) is 10.4 Å². The molecular weight excluding hydrogens is 282 g/mol. The number of amides is 1. The Morgan fingerprint density at radius 2 is 2.09 bits per heavy atom. The molecule has 0 aliphatic heterocycles. The van der Waals surface area contributed by atoms with Gasteiger partial charge in [0.2, 0.25) is 0 Å². The molecule has 3 rings (SSSR count). The number of carbonyl (C=O) groups excluding carboxylic acids is 1. The van der Waals surface area contributed by atoms with E-state index < -0.39 is 0 Å². The van der Waals surface area contributed by atoms with Crippen LogP contribution in [-0.2, 0) is 11.3 Å². The zero-order valence-electron chi connectivity index (χ0n) is 12.0. The molecule has 1 N–H and O–H groups in total. The minimum atomic E-state index is -0.297. The van der Waals surface area contributed by atoms with E-state index in [4.69, 9.17) is 9.15 Å². The second-order valence-electron chi connectivity index (χ2n) is 4.65. The number of nitrogens with one attached hydrogen (secondary N) is 1. The van der Waals surface area contributed by atoms with Gasteiger partial charge in [-0.2, -0.15) is 5.10 Å². The van der Waals surface area contributed by atoms with Crippen molar-refractivity contribution in [2.24, 2.45) is 0 Å². The molecule has 2 aromatic heterocycles. The molecule has 6 nitrogen and oxygen atoms in total. The lowest BCUT2D eigenvalue weighted by Crippen LogP contribution is -2.10. The van der Waals surface area contributed by atoms with E-state index in [1.165, 1.54) is 0 Å². The molecular formula is C16H15N3O3. The zero-order chi connectivity index (χ0) is 15.4. The van der Waals surface area contributed by atoms with Crippen molar-refractivity contribution in [1.82, 2.24) is 9.78 Å². The van der Waals surface area contributed by atoms with Gasteiger partial charge in [0.25, 0.3) is 5.91 Å². The van der Waals surface area contributed by atoms with Gasteiger partial charge in [0, 0.05) is 25.2 Å². The summed E-state index contributed by atoms with van der Waals surface area (Å²) in [5.41, 5.74) is 1.61. The topological polar surface area (TPSA) is 69.3 Å². The first-order valence-corrected chi connectivity index (χ1v) is 6.75. The Kier molecular flexibility index (Phi) is 4.02. The van der Waals surface area contributed by atoms with Gasteiger partial charge < -0.3 is 14.5 Å². The van der Waals surface area contributed by atoms with Crippen molar-refractivity contribution in [1.29, 1.82) is 0 Å². The second kappa shape index (κ2) is 6.28. The van der Waals surface area contributed by atoms with E-state index in [9.17, 15) is 4.79 Å². The highest BCUT2D eigenvalue weighted by Gasteiger charge is 2.11. The second-order valence-corrected chi connectivity index (χ2v) is 4.65. The number of carbonyl (C=O) groups is 1. The third kappa shape index (κ3) is 3.07. The van der Waals surface area contributed by atoms with E-state index in [1.807, 2.05) is 36.5 Å². The monoisotopic (exact) mass is 297 g/mol. The van der Waals surface area contributed by atoms with E-state index in [-0.39, 0.29) is 11.7 Å². The molecule has 0 unspecified atom stereocenters. The number of hydrogen-bond acceptors (Lipinski definition) is 4. The van der Waals surface area contributed by atoms with Crippen LogP contribution in [0.3, 0.4) is 0 Å². The number of anilines is 1. The van der Waals surface area contributed by atoms with Crippen LogP contribution in [0.1, 0.15) is 16.3 Å². The smallest absolute Gasteiger partial charge is 0.291 e. The van der Waals surface area contributed by atoms with Crippen LogP contribution < -0.4 is 5.32 Å². The van der Waals surface area contributed by atoms with Gasteiger partial charge in [-0.1, -0.05) is 0 Å². The molecule has 6 heteroatoms. The van der Waals surface area contributed by atoms with Crippen molar-refractivity contribution < 1.29 is 13.9 Å². The van der Waals surface area contributed by atoms with E-state index in [1.54, 1.807) is 30.1 Å². The summed E-state index contributed by atoms with van der Waals surface area (Å²) in [7, 11) is 1.57. The van der Waals surface area contributed by atoms with Crippen molar-refractivity contribution in [3.05, 3.63) is 66.4 Å². The summed E-state index contributed by atoms with van der Waals surface area (Å²) in [5.74, 6) is 0.569. The molecule has 1 aromatic carbocycles. The minimum absolute atomic E-state index is 0.253. The predicted molar refractivity (Wildman–Crippen MR) is 80.9 cm³/mol. The van der Waals surface area contributed by atoms with Crippen molar-refractivity contribution in [3.8, 4) is 5.69 Å². The quantitative estimate of drug-likeness (QED) is 0.786. The number of benzene rings is 1. The van der Waals surface area contributed by atoms with E-state index in [0.29, 0.717) is 18.1 Å². The standard InChI is InChI=1S/C16H15N3O3/c1-21-11-14-7-8-15(22-14)16(20)18-12-3-5-13(6-4-12)19-10-2-9-17-19/h2-10H,11H2,1H3,(H,18,20). The molecule has 0 saturated heterocycles. The van der Waals surface area contributed by atoms with Gasteiger partial charge in [0.05, 0.1) is 5.69 Å². The number of rotatable bonds is 5. The number of hydrogen-bond donors (Lipinski definition) is 1. The van der Waals surface area contributed by atoms with Crippen molar-refractivity contribution in [3.63, 3.8) is 0 Å². The lowest BCUT2D eigenvalue weighted by Gasteiger charge is -2.05. The molecule has 3 aromatic rings. The predicted octanol–water partition coefficient (Wildman–Crippen LogP) is 2.86. The molecule has 0 aliphatic rings. The first kappa shape index (κ1) is 14.1. The molecule has 0 bridgehead atoms. The molecule has 0 atom stereocenters. The highest BCUT2D eigenvalue weighted by atomic mass is 16.5. The van der Waals surface area contributed by atoms with E-state index >= 15 is 0 Å². The number of furan rings is 1. The van der Waals surface area contributed by atoms with Crippen LogP contribution in [0.4, 0.5) is 5.69 Å².